The maximum atomic E-state index is 11.2. The van der Waals surface area contributed by atoms with Crippen molar-refractivity contribution in [3.63, 3.8) is 0 Å². The zero-order valence-corrected chi connectivity index (χ0v) is 14.0. The molecular formula is C12H11KO3S. The fraction of sp³-hybridized carbons (Fsp3) is 0.167. The Morgan fingerprint density at radius 2 is 1.65 bits per heavy atom. The van der Waals surface area contributed by atoms with Crippen LogP contribution in [-0.4, -0.2) is 13.0 Å². The summed E-state index contributed by atoms with van der Waals surface area (Å²) < 4.78 is 33.5. The molecule has 0 aromatic heterocycles. The smallest absolute Gasteiger partial charge is 0.744 e. The van der Waals surface area contributed by atoms with E-state index in [-0.39, 0.29) is 56.3 Å². The first kappa shape index (κ1) is 15.3. The van der Waals surface area contributed by atoms with Gasteiger partial charge in [-0.3, -0.25) is 0 Å². The molecule has 0 N–H and O–H groups in total. The molecule has 0 aliphatic heterocycles. The molecule has 0 saturated heterocycles. The molecule has 0 fully saturated rings. The van der Waals surface area contributed by atoms with Crippen molar-refractivity contribution in [3.05, 3.63) is 41.5 Å². The van der Waals surface area contributed by atoms with Crippen molar-refractivity contribution in [1.82, 2.24) is 0 Å². The number of aryl methyl sites for hydroxylation is 2. The summed E-state index contributed by atoms with van der Waals surface area (Å²) in [4.78, 5) is -0.133. The van der Waals surface area contributed by atoms with Gasteiger partial charge in [-0.15, -0.1) is 0 Å². The quantitative estimate of drug-likeness (QED) is 0.514. The van der Waals surface area contributed by atoms with Crippen LogP contribution in [0.2, 0.25) is 0 Å². The first-order chi connectivity index (χ1) is 7.41. The van der Waals surface area contributed by atoms with Gasteiger partial charge in [-0.05, 0) is 36.4 Å². The summed E-state index contributed by atoms with van der Waals surface area (Å²) >= 11 is 0. The van der Waals surface area contributed by atoms with Gasteiger partial charge >= 0.3 is 51.4 Å². The zero-order chi connectivity index (χ0) is 11.9. The molecule has 0 bridgehead atoms. The summed E-state index contributed by atoms with van der Waals surface area (Å²) in [7, 11) is -4.42. The van der Waals surface area contributed by atoms with E-state index in [0.717, 1.165) is 16.5 Å². The van der Waals surface area contributed by atoms with Crippen LogP contribution < -0.4 is 51.4 Å². The minimum Gasteiger partial charge on any atom is -0.744 e. The topological polar surface area (TPSA) is 57.2 Å². The fourth-order valence-corrected chi connectivity index (χ4v) is 2.66. The van der Waals surface area contributed by atoms with Crippen molar-refractivity contribution in [1.29, 1.82) is 0 Å². The summed E-state index contributed by atoms with van der Waals surface area (Å²) in [5.41, 5.74) is 1.77. The van der Waals surface area contributed by atoms with Crippen molar-refractivity contribution in [3.8, 4) is 0 Å². The molecule has 0 unspecified atom stereocenters. The maximum absolute atomic E-state index is 11.2. The largest absolute Gasteiger partial charge is 1.00 e. The van der Waals surface area contributed by atoms with E-state index in [2.05, 4.69) is 0 Å². The number of hydrogen-bond acceptors (Lipinski definition) is 3. The number of rotatable bonds is 1. The Hall–Kier alpha value is 0.246. The van der Waals surface area contributed by atoms with Crippen LogP contribution in [0.3, 0.4) is 0 Å². The van der Waals surface area contributed by atoms with Crippen LogP contribution in [0.15, 0.2) is 35.2 Å². The second-order valence-electron chi connectivity index (χ2n) is 3.83. The first-order valence-electron chi connectivity index (χ1n) is 4.86. The average molecular weight is 274 g/mol. The summed E-state index contributed by atoms with van der Waals surface area (Å²) in [6.07, 6.45) is 0. The van der Waals surface area contributed by atoms with Crippen LogP contribution in [-0.2, 0) is 10.1 Å². The first-order valence-corrected chi connectivity index (χ1v) is 6.27. The van der Waals surface area contributed by atoms with E-state index < -0.39 is 10.1 Å². The molecule has 0 aliphatic rings. The molecule has 5 heteroatoms. The maximum Gasteiger partial charge on any atom is 1.00 e. The van der Waals surface area contributed by atoms with Crippen molar-refractivity contribution in [2.24, 2.45) is 0 Å². The average Bonchev–Trinajstić information content (AvgIpc) is 2.18. The van der Waals surface area contributed by atoms with Gasteiger partial charge in [0.25, 0.3) is 0 Å². The van der Waals surface area contributed by atoms with E-state index in [1.807, 2.05) is 19.1 Å². The second kappa shape index (κ2) is 5.48. The Bertz CT molecular complexity index is 663. The van der Waals surface area contributed by atoms with E-state index in [4.69, 9.17) is 0 Å². The van der Waals surface area contributed by atoms with Gasteiger partial charge in [0, 0.05) is 5.39 Å². The molecule has 0 spiro atoms. The van der Waals surface area contributed by atoms with E-state index in [1.54, 1.807) is 19.1 Å². The molecular weight excluding hydrogens is 263 g/mol. The second-order valence-corrected chi connectivity index (χ2v) is 5.18. The van der Waals surface area contributed by atoms with Crippen molar-refractivity contribution < 1.29 is 64.4 Å². The van der Waals surface area contributed by atoms with E-state index >= 15 is 0 Å². The van der Waals surface area contributed by atoms with Crippen molar-refractivity contribution >= 4 is 20.9 Å². The molecule has 2 aromatic rings. The molecule has 0 heterocycles. The Labute approximate surface area is 143 Å². The normalized spacial score (nSPS) is 11.2. The Morgan fingerprint density at radius 1 is 1.00 bits per heavy atom. The predicted molar refractivity (Wildman–Crippen MR) is 61.4 cm³/mol. The Morgan fingerprint density at radius 3 is 2.24 bits per heavy atom. The van der Waals surface area contributed by atoms with Gasteiger partial charge in [0.05, 0.1) is 4.90 Å². The van der Waals surface area contributed by atoms with Crippen LogP contribution >= 0.6 is 0 Å². The molecule has 0 radical (unpaired) electrons. The third-order valence-electron chi connectivity index (χ3n) is 2.70. The van der Waals surface area contributed by atoms with Gasteiger partial charge in [0.2, 0.25) is 0 Å². The molecule has 0 atom stereocenters. The van der Waals surface area contributed by atoms with Crippen LogP contribution in [0.4, 0.5) is 0 Å². The molecule has 2 rings (SSSR count). The van der Waals surface area contributed by atoms with Gasteiger partial charge < -0.3 is 4.55 Å². The molecule has 2 aromatic carbocycles. The minimum atomic E-state index is -4.42. The number of hydrogen-bond donors (Lipinski definition) is 0. The van der Waals surface area contributed by atoms with E-state index in [1.165, 1.54) is 6.07 Å². The van der Waals surface area contributed by atoms with Gasteiger partial charge in [0.1, 0.15) is 10.1 Å². The Balaban J connectivity index is 0.00000144. The molecule has 3 nitrogen and oxygen atoms in total. The van der Waals surface area contributed by atoms with Crippen LogP contribution in [0.1, 0.15) is 11.1 Å². The third kappa shape index (κ3) is 2.98. The number of fused-ring (bicyclic) bond motifs is 1. The summed E-state index contributed by atoms with van der Waals surface area (Å²) in [6.45, 7) is 3.69. The molecule has 0 aliphatic carbocycles. The summed E-state index contributed by atoms with van der Waals surface area (Å²) in [5, 5.41) is 1.36. The van der Waals surface area contributed by atoms with Gasteiger partial charge in [-0.25, -0.2) is 8.42 Å². The Kier molecular flexibility index (Phi) is 4.94. The van der Waals surface area contributed by atoms with Gasteiger partial charge in [0.15, 0.2) is 0 Å². The molecule has 84 valence electrons. The molecule has 17 heavy (non-hydrogen) atoms. The fourth-order valence-electron chi connectivity index (χ4n) is 1.91. The number of benzene rings is 2. The molecule has 0 amide bonds. The zero-order valence-electron chi connectivity index (χ0n) is 10.0. The molecule has 0 saturated carbocycles. The SMILES string of the molecule is Cc1ccc(S(=O)(=O)[O-])c2c(C)cccc12.[K+]. The van der Waals surface area contributed by atoms with Gasteiger partial charge in [-0.1, -0.05) is 24.3 Å². The minimum absolute atomic E-state index is 0. The summed E-state index contributed by atoms with van der Waals surface area (Å²) in [6, 6.07) is 8.52. The monoisotopic (exact) mass is 274 g/mol. The van der Waals surface area contributed by atoms with Crippen LogP contribution in [0.5, 0.6) is 0 Å². The van der Waals surface area contributed by atoms with Crippen LogP contribution in [0.25, 0.3) is 10.8 Å². The summed E-state index contributed by atoms with van der Waals surface area (Å²) in [5.74, 6) is 0. The predicted octanol–water partition coefficient (Wildman–Crippen LogP) is -0.635. The standard InChI is InChI=1S/C12H12O3S.K/c1-8-6-7-11(16(13,14)15)12-9(2)4-3-5-10(8)12;/h3-7H,1-2H3,(H,13,14,15);/q;+1/p-1. The third-order valence-corrected chi connectivity index (χ3v) is 3.58. The van der Waals surface area contributed by atoms with Gasteiger partial charge in [-0.2, -0.15) is 0 Å². The van der Waals surface area contributed by atoms with E-state index in [0.29, 0.717) is 5.39 Å². The van der Waals surface area contributed by atoms with Crippen molar-refractivity contribution in [2.75, 3.05) is 0 Å². The van der Waals surface area contributed by atoms with Crippen LogP contribution in [0, 0.1) is 13.8 Å². The van der Waals surface area contributed by atoms with E-state index in [9.17, 15) is 13.0 Å². The van der Waals surface area contributed by atoms with Crippen molar-refractivity contribution in [2.45, 2.75) is 18.7 Å².